The van der Waals surface area contributed by atoms with Gasteiger partial charge in [-0.2, -0.15) is 5.26 Å². The number of nitrogens with zero attached hydrogens (tertiary/aromatic N) is 7. The predicted molar refractivity (Wildman–Crippen MR) is 397 cm³/mol. The summed E-state index contributed by atoms with van der Waals surface area (Å²) in [5.41, 5.74) is 25.3. The third kappa shape index (κ3) is 8.89. The van der Waals surface area contributed by atoms with Gasteiger partial charge < -0.3 is 18.3 Å². The van der Waals surface area contributed by atoms with E-state index in [1.807, 2.05) is 24.3 Å². The smallest absolute Gasteiger partial charge is 0.160 e. The van der Waals surface area contributed by atoms with Crippen LogP contribution in [0.2, 0.25) is 0 Å². The summed E-state index contributed by atoms with van der Waals surface area (Å²) in [6.45, 7) is 0. The molecule has 14 aromatic carbocycles. The zero-order valence-corrected chi connectivity index (χ0v) is 51.9. The Balaban J connectivity index is 0.699. The van der Waals surface area contributed by atoms with Gasteiger partial charge in [-0.15, -0.1) is 0 Å². The Hall–Kier alpha value is -13.2. The lowest BCUT2D eigenvalue weighted by Gasteiger charge is -2.13. The zero-order valence-electron chi connectivity index (χ0n) is 51.9. The molecule has 0 amide bonds. The van der Waals surface area contributed by atoms with Crippen LogP contribution in [0.4, 0.5) is 0 Å². The minimum absolute atomic E-state index is 0.616. The maximum absolute atomic E-state index is 9.73. The van der Waals surface area contributed by atoms with E-state index in [0.29, 0.717) is 11.4 Å². The molecule has 0 saturated heterocycles. The van der Waals surface area contributed by atoms with Gasteiger partial charge in [-0.1, -0.05) is 194 Å². The first kappa shape index (κ1) is 54.6. The molecule has 96 heavy (non-hydrogen) atoms. The number of para-hydroxylation sites is 6. The summed E-state index contributed by atoms with van der Waals surface area (Å²) in [4.78, 5) is 10.9. The first-order chi connectivity index (χ1) is 47.5. The van der Waals surface area contributed by atoms with Gasteiger partial charge in [0.25, 0.3) is 0 Å². The SMILES string of the molecule is N#Cc1cccc(-c2ccc(-c3cc(-c4ccc(-n5c6ccccc6c6cc(-c7ccc8c(c7)c7ccccc7n8-c7ccccc7)ccc65)cc4)nc(-c4cccc(-n5c6ccccc6c6cc(-c7ccc8c(c7)c7ccccc7n8-c7ccccc7)ccc65)c4)n3)cc2)c1. The summed E-state index contributed by atoms with van der Waals surface area (Å²) in [5, 5.41) is 19.4. The Morgan fingerprint density at radius 3 is 0.948 bits per heavy atom. The normalized spacial score (nSPS) is 11.7. The molecule has 7 nitrogen and oxygen atoms in total. The number of fused-ring (bicyclic) bond motifs is 12. The van der Waals surface area contributed by atoms with Crippen molar-refractivity contribution >= 4 is 87.2 Å². The van der Waals surface area contributed by atoms with E-state index in [0.717, 1.165) is 89.6 Å². The number of hydrogen-bond acceptors (Lipinski definition) is 3. The molecule has 0 aliphatic heterocycles. The fraction of sp³-hybridized carbons (Fsp3) is 0. The van der Waals surface area contributed by atoms with E-state index in [1.165, 1.54) is 81.8 Å². The monoisotopic (exact) mass is 1220 g/mol. The van der Waals surface area contributed by atoms with Gasteiger partial charge in [0.2, 0.25) is 0 Å². The molecule has 0 saturated carbocycles. The molecule has 0 aliphatic carbocycles. The van der Waals surface area contributed by atoms with Crippen molar-refractivity contribution in [2.75, 3.05) is 0 Å². The molecule has 0 radical (unpaired) electrons. The molecule has 0 atom stereocenters. The fourth-order valence-corrected chi connectivity index (χ4v) is 14.9. The Bertz CT molecular complexity index is 6380. The van der Waals surface area contributed by atoms with Crippen LogP contribution >= 0.6 is 0 Å². The van der Waals surface area contributed by atoms with Crippen LogP contribution in [0.15, 0.2) is 334 Å². The van der Waals surface area contributed by atoms with Crippen LogP contribution in [0, 0.1) is 11.3 Å². The second-order valence-corrected chi connectivity index (χ2v) is 24.8. The molecule has 0 spiro atoms. The number of hydrogen-bond donors (Lipinski definition) is 0. The lowest BCUT2D eigenvalue weighted by Crippen LogP contribution is -1.99. The summed E-state index contributed by atoms with van der Waals surface area (Å²) in [6, 6.07) is 122. The van der Waals surface area contributed by atoms with Crippen LogP contribution in [0.1, 0.15) is 5.56 Å². The van der Waals surface area contributed by atoms with Crippen molar-refractivity contribution in [3.8, 4) is 96.1 Å². The average Bonchev–Trinajstić information content (AvgIpc) is 1.61. The van der Waals surface area contributed by atoms with Crippen LogP contribution in [-0.4, -0.2) is 28.2 Å². The van der Waals surface area contributed by atoms with E-state index >= 15 is 0 Å². The van der Waals surface area contributed by atoms with Crippen LogP contribution in [0.25, 0.3) is 177 Å². The van der Waals surface area contributed by atoms with Gasteiger partial charge in [-0.25, -0.2) is 9.97 Å². The van der Waals surface area contributed by atoms with Crippen molar-refractivity contribution in [3.05, 3.63) is 339 Å². The minimum Gasteiger partial charge on any atom is -0.309 e. The van der Waals surface area contributed by atoms with E-state index < -0.39 is 0 Å². The first-order valence-electron chi connectivity index (χ1n) is 32.5. The third-order valence-corrected chi connectivity index (χ3v) is 19.4. The fourth-order valence-electron chi connectivity index (χ4n) is 14.9. The topological polar surface area (TPSA) is 69.3 Å². The van der Waals surface area contributed by atoms with Gasteiger partial charge in [0.15, 0.2) is 5.82 Å². The summed E-state index contributed by atoms with van der Waals surface area (Å²) in [6.07, 6.45) is 0. The van der Waals surface area contributed by atoms with Gasteiger partial charge in [-0.3, -0.25) is 0 Å². The van der Waals surface area contributed by atoms with Crippen molar-refractivity contribution < 1.29 is 0 Å². The molecule has 0 fully saturated rings. The first-order valence-corrected chi connectivity index (χ1v) is 32.5. The van der Waals surface area contributed by atoms with Gasteiger partial charge in [0, 0.05) is 82.5 Å². The van der Waals surface area contributed by atoms with Crippen LogP contribution < -0.4 is 0 Å². The molecule has 7 heteroatoms. The van der Waals surface area contributed by atoms with Gasteiger partial charge in [0.05, 0.1) is 67.2 Å². The number of nitriles is 1. The molecule has 19 rings (SSSR count). The van der Waals surface area contributed by atoms with Crippen LogP contribution in [0.5, 0.6) is 0 Å². The molecular formula is C89H55N7. The highest BCUT2D eigenvalue weighted by Gasteiger charge is 2.21. The van der Waals surface area contributed by atoms with Crippen LogP contribution in [0.3, 0.4) is 0 Å². The highest BCUT2D eigenvalue weighted by atomic mass is 15.0. The molecular weight excluding hydrogens is 1170 g/mol. The molecule has 5 heterocycles. The van der Waals surface area contributed by atoms with E-state index in [4.69, 9.17) is 9.97 Å². The number of benzene rings is 14. The van der Waals surface area contributed by atoms with Crippen molar-refractivity contribution in [3.63, 3.8) is 0 Å². The largest absolute Gasteiger partial charge is 0.309 e. The van der Waals surface area contributed by atoms with Gasteiger partial charge >= 0.3 is 0 Å². The highest BCUT2D eigenvalue weighted by Crippen LogP contribution is 2.42. The van der Waals surface area contributed by atoms with Crippen molar-refractivity contribution in [1.82, 2.24) is 28.2 Å². The second kappa shape index (κ2) is 22.0. The standard InChI is InChI=1S/C89H55N7/c90-56-57-17-15-18-61(49-57)58-33-35-59(36-34-58)79-55-80(60-37-43-69(44-38-60)95-83-31-13-9-27-73(83)77-53-64(41-47-87(77)95)62-39-45-85-75(51-62)71-25-7-11-29-81(71)93(85)67-20-3-1-4-21-67)92-89(91-79)66-19-16-24-70(50-66)96-84-32-14-10-28-74(84)78-54-65(42-48-88(78)96)63-40-46-86-76(52-63)72-26-8-12-30-82(72)94(86)68-22-5-2-6-23-68/h1-55H. The Kier molecular flexibility index (Phi) is 12.5. The van der Waals surface area contributed by atoms with Gasteiger partial charge in [0.1, 0.15) is 0 Å². The van der Waals surface area contributed by atoms with Crippen molar-refractivity contribution in [1.29, 1.82) is 5.26 Å². The number of aromatic nitrogens is 6. The van der Waals surface area contributed by atoms with Crippen molar-refractivity contribution in [2.24, 2.45) is 0 Å². The maximum Gasteiger partial charge on any atom is 0.160 e. The Morgan fingerprint density at radius 1 is 0.208 bits per heavy atom. The lowest BCUT2D eigenvalue weighted by molar-refractivity contribution is 1.15. The molecule has 19 aromatic rings. The quantitative estimate of drug-likeness (QED) is 0.137. The molecule has 446 valence electrons. The average molecular weight is 1220 g/mol. The van der Waals surface area contributed by atoms with Crippen LogP contribution in [-0.2, 0) is 0 Å². The van der Waals surface area contributed by atoms with E-state index in [-0.39, 0.29) is 0 Å². The maximum atomic E-state index is 9.73. The Morgan fingerprint density at radius 2 is 0.521 bits per heavy atom. The molecule has 0 N–H and O–H groups in total. The molecule has 0 bridgehead atoms. The van der Waals surface area contributed by atoms with E-state index in [2.05, 4.69) is 334 Å². The molecule has 0 aliphatic rings. The lowest BCUT2D eigenvalue weighted by atomic mass is 10.0. The minimum atomic E-state index is 0.616. The van der Waals surface area contributed by atoms with E-state index in [9.17, 15) is 5.26 Å². The summed E-state index contributed by atoms with van der Waals surface area (Å²) < 4.78 is 9.49. The second-order valence-electron chi connectivity index (χ2n) is 24.8. The summed E-state index contributed by atoms with van der Waals surface area (Å²) in [7, 11) is 0. The predicted octanol–water partition coefficient (Wildman–Crippen LogP) is 22.7. The molecule has 0 unspecified atom stereocenters. The highest BCUT2D eigenvalue weighted by molar-refractivity contribution is 6.15. The Labute approximate surface area is 552 Å². The van der Waals surface area contributed by atoms with Crippen molar-refractivity contribution in [2.45, 2.75) is 0 Å². The summed E-state index contributed by atoms with van der Waals surface area (Å²) >= 11 is 0. The van der Waals surface area contributed by atoms with Gasteiger partial charge in [-0.05, 0) is 173 Å². The summed E-state index contributed by atoms with van der Waals surface area (Å²) in [5.74, 6) is 0.616. The number of rotatable bonds is 10. The zero-order chi connectivity index (χ0) is 63.4. The third-order valence-electron chi connectivity index (χ3n) is 19.4. The molecule has 5 aromatic heterocycles. The van der Waals surface area contributed by atoms with E-state index in [1.54, 1.807) is 0 Å².